The molecule has 0 bridgehead atoms. The Balaban J connectivity index is 2.75. The molecule has 0 aliphatic rings. The zero-order valence-corrected chi connectivity index (χ0v) is 11.6. The Labute approximate surface area is 118 Å². The number of carbonyl (C=O) groups is 1. The van der Waals surface area contributed by atoms with Crippen LogP contribution in [0, 0.1) is 6.92 Å². The summed E-state index contributed by atoms with van der Waals surface area (Å²) in [5, 5.41) is 13.1. The minimum Gasteiger partial charge on any atom is -0.481 e. The van der Waals surface area contributed by atoms with Crippen molar-refractivity contribution in [2.45, 2.75) is 39.8 Å². The van der Waals surface area contributed by atoms with Gasteiger partial charge < -0.3 is 5.11 Å². The van der Waals surface area contributed by atoms with E-state index < -0.39 is 18.0 Å². The maximum Gasteiger partial charge on any atom is 0.305 e. The molecule has 2 heterocycles. The molecule has 0 saturated carbocycles. The van der Waals surface area contributed by atoms with Crippen LogP contribution in [0.2, 0.25) is 0 Å². The van der Waals surface area contributed by atoms with Gasteiger partial charge in [0.1, 0.15) is 0 Å². The third-order valence-electron chi connectivity index (χ3n) is 3.36. The van der Waals surface area contributed by atoms with Crippen molar-refractivity contribution in [2.24, 2.45) is 0 Å². The Morgan fingerprint density at radius 2 is 2.14 bits per heavy atom. The standard InChI is InChI=1S/C13H15F2N3O3/c1-3-18-7(2)11-8(12(14)15)6-9(19)17(13(11)16-18)5-4-10(20)21/h6,12H,3-5H2,1-2H3,(H,20,21). The third kappa shape index (κ3) is 2.65. The summed E-state index contributed by atoms with van der Waals surface area (Å²) >= 11 is 0. The number of aromatic nitrogens is 3. The summed E-state index contributed by atoms with van der Waals surface area (Å²) in [6, 6.07) is 0.865. The predicted octanol–water partition coefficient (Wildman–Crippen LogP) is 1.94. The smallest absolute Gasteiger partial charge is 0.305 e. The molecule has 2 aromatic heterocycles. The van der Waals surface area contributed by atoms with E-state index in [-0.39, 0.29) is 29.6 Å². The van der Waals surface area contributed by atoms with Crippen LogP contribution in [0.1, 0.15) is 31.0 Å². The van der Waals surface area contributed by atoms with Gasteiger partial charge in [0.2, 0.25) is 0 Å². The van der Waals surface area contributed by atoms with Crippen LogP contribution in [0.3, 0.4) is 0 Å². The van der Waals surface area contributed by atoms with Gasteiger partial charge in [0.05, 0.1) is 6.42 Å². The van der Waals surface area contributed by atoms with E-state index in [2.05, 4.69) is 5.10 Å². The summed E-state index contributed by atoms with van der Waals surface area (Å²) in [7, 11) is 0. The van der Waals surface area contributed by atoms with E-state index in [9.17, 15) is 18.4 Å². The SMILES string of the molecule is CCn1nc2c(c(C(F)F)cc(=O)n2CCC(=O)O)c1C. The quantitative estimate of drug-likeness (QED) is 0.915. The van der Waals surface area contributed by atoms with Gasteiger partial charge >= 0.3 is 5.97 Å². The molecule has 1 N–H and O–H groups in total. The van der Waals surface area contributed by atoms with E-state index >= 15 is 0 Å². The number of aryl methyl sites for hydroxylation is 3. The van der Waals surface area contributed by atoms with Crippen molar-refractivity contribution < 1.29 is 18.7 Å². The van der Waals surface area contributed by atoms with Crippen LogP contribution in [0.25, 0.3) is 11.0 Å². The van der Waals surface area contributed by atoms with E-state index in [0.29, 0.717) is 12.2 Å². The van der Waals surface area contributed by atoms with Gasteiger partial charge in [-0.15, -0.1) is 0 Å². The number of halogens is 2. The number of hydrogen-bond acceptors (Lipinski definition) is 3. The molecule has 8 heteroatoms. The van der Waals surface area contributed by atoms with E-state index in [1.807, 2.05) is 0 Å². The first-order valence-electron chi connectivity index (χ1n) is 6.47. The molecule has 0 aromatic carbocycles. The second kappa shape index (κ2) is 5.63. The van der Waals surface area contributed by atoms with Crippen molar-refractivity contribution >= 4 is 17.0 Å². The molecular weight excluding hydrogens is 284 g/mol. The van der Waals surface area contributed by atoms with Crippen molar-refractivity contribution in [1.82, 2.24) is 14.3 Å². The second-order valence-corrected chi connectivity index (χ2v) is 4.63. The largest absolute Gasteiger partial charge is 0.481 e. The molecule has 0 spiro atoms. The van der Waals surface area contributed by atoms with E-state index in [4.69, 9.17) is 5.11 Å². The van der Waals surface area contributed by atoms with Crippen LogP contribution in [0.5, 0.6) is 0 Å². The Morgan fingerprint density at radius 1 is 1.48 bits per heavy atom. The monoisotopic (exact) mass is 299 g/mol. The Morgan fingerprint density at radius 3 is 2.67 bits per heavy atom. The summed E-state index contributed by atoms with van der Waals surface area (Å²) in [6.07, 6.45) is -3.07. The minimum absolute atomic E-state index is 0.103. The van der Waals surface area contributed by atoms with Gasteiger partial charge in [-0.05, 0) is 13.8 Å². The molecule has 21 heavy (non-hydrogen) atoms. The topological polar surface area (TPSA) is 77.1 Å². The molecule has 0 aliphatic heterocycles. The predicted molar refractivity (Wildman–Crippen MR) is 71.6 cm³/mol. The molecule has 114 valence electrons. The highest BCUT2D eigenvalue weighted by Gasteiger charge is 2.21. The average Bonchev–Trinajstić information content (AvgIpc) is 2.73. The maximum atomic E-state index is 13.1. The zero-order valence-electron chi connectivity index (χ0n) is 11.6. The fourth-order valence-electron chi connectivity index (χ4n) is 2.35. The van der Waals surface area contributed by atoms with Gasteiger partial charge in [-0.1, -0.05) is 0 Å². The first-order valence-corrected chi connectivity index (χ1v) is 6.47. The summed E-state index contributed by atoms with van der Waals surface area (Å²) in [4.78, 5) is 22.6. The number of pyridine rings is 1. The fourth-order valence-corrected chi connectivity index (χ4v) is 2.35. The highest BCUT2D eigenvalue weighted by Crippen LogP contribution is 2.28. The lowest BCUT2D eigenvalue weighted by Gasteiger charge is -2.08. The molecular formula is C13H15F2N3O3. The highest BCUT2D eigenvalue weighted by molar-refractivity contribution is 5.82. The van der Waals surface area contributed by atoms with Gasteiger partial charge in [0.25, 0.3) is 12.0 Å². The average molecular weight is 299 g/mol. The summed E-state index contributed by atoms with van der Waals surface area (Å²) < 4.78 is 28.9. The van der Waals surface area contributed by atoms with Crippen molar-refractivity contribution in [3.63, 3.8) is 0 Å². The van der Waals surface area contributed by atoms with Gasteiger partial charge in [-0.3, -0.25) is 18.8 Å². The molecule has 2 aromatic rings. The normalized spacial score (nSPS) is 11.5. The van der Waals surface area contributed by atoms with Crippen molar-refractivity contribution in [3.8, 4) is 0 Å². The van der Waals surface area contributed by atoms with Gasteiger partial charge in [0.15, 0.2) is 5.65 Å². The molecule has 0 radical (unpaired) electrons. The lowest BCUT2D eigenvalue weighted by atomic mass is 10.1. The van der Waals surface area contributed by atoms with Crippen molar-refractivity contribution in [2.75, 3.05) is 0 Å². The van der Waals surface area contributed by atoms with Crippen LogP contribution < -0.4 is 5.56 Å². The lowest BCUT2D eigenvalue weighted by molar-refractivity contribution is -0.137. The zero-order chi connectivity index (χ0) is 15.7. The molecule has 0 unspecified atom stereocenters. The molecule has 0 atom stereocenters. The molecule has 6 nitrogen and oxygen atoms in total. The van der Waals surface area contributed by atoms with Gasteiger partial charge in [-0.25, -0.2) is 8.78 Å². The molecule has 0 amide bonds. The molecule has 0 aliphatic carbocycles. The van der Waals surface area contributed by atoms with Crippen LogP contribution in [0.4, 0.5) is 8.78 Å². The van der Waals surface area contributed by atoms with Crippen molar-refractivity contribution in [1.29, 1.82) is 0 Å². The number of carboxylic acid groups (broad SMARTS) is 1. The maximum absolute atomic E-state index is 13.1. The van der Waals surface area contributed by atoms with Crippen molar-refractivity contribution in [3.05, 3.63) is 27.7 Å². The number of rotatable bonds is 5. The summed E-state index contributed by atoms with van der Waals surface area (Å²) in [5.41, 5.74) is -0.385. The Kier molecular flexibility index (Phi) is 4.06. The summed E-state index contributed by atoms with van der Waals surface area (Å²) in [6.45, 7) is 3.82. The van der Waals surface area contributed by atoms with Crippen LogP contribution >= 0.6 is 0 Å². The number of fused-ring (bicyclic) bond motifs is 1. The number of nitrogens with zero attached hydrogens (tertiary/aromatic N) is 3. The Hall–Kier alpha value is -2.25. The molecule has 2 rings (SSSR count). The van der Waals surface area contributed by atoms with E-state index in [1.165, 1.54) is 4.68 Å². The van der Waals surface area contributed by atoms with Crippen LogP contribution in [0.15, 0.2) is 10.9 Å². The summed E-state index contributed by atoms with van der Waals surface area (Å²) in [5.74, 6) is -1.07. The number of carboxylic acids is 1. The van der Waals surface area contributed by atoms with Crippen LogP contribution in [-0.4, -0.2) is 25.4 Å². The minimum atomic E-state index is -2.79. The van der Waals surface area contributed by atoms with E-state index in [0.717, 1.165) is 10.6 Å². The number of aliphatic carboxylic acids is 1. The Bertz CT molecular complexity index is 749. The van der Waals surface area contributed by atoms with Crippen LogP contribution in [-0.2, 0) is 17.9 Å². The number of alkyl halides is 2. The van der Waals surface area contributed by atoms with Gasteiger partial charge in [-0.2, -0.15) is 5.10 Å². The highest BCUT2D eigenvalue weighted by atomic mass is 19.3. The number of hydrogen-bond donors (Lipinski definition) is 1. The third-order valence-corrected chi connectivity index (χ3v) is 3.36. The first-order chi connectivity index (χ1) is 9.86. The molecule has 0 saturated heterocycles. The van der Waals surface area contributed by atoms with Gasteiger partial charge in [0, 0.05) is 35.8 Å². The second-order valence-electron chi connectivity index (χ2n) is 4.63. The lowest BCUT2D eigenvalue weighted by Crippen LogP contribution is -2.22. The fraction of sp³-hybridized carbons (Fsp3) is 0.462. The first kappa shape index (κ1) is 15.1. The molecule has 0 fully saturated rings. The van der Waals surface area contributed by atoms with E-state index in [1.54, 1.807) is 13.8 Å².